The maximum Gasteiger partial charge on any atom is 0.0352 e. The molecule has 18 heavy (non-hydrogen) atoms. The highest BCUT2D eigenvalue weighted by atomic mass is 32.1. The molecule has 0 spiro atoms. The summed E-state index contributed by atoms with van der Waals surface area (Å²) >= 11 is 1.97. The molecule has 0 bridgehead atoms. The Morgan fingerprint density at radius 2 is 1.89 bits per heavy atom. The van der Waals surface area contributed by atoms with E-state index < -0.39 is 0 Å². The van der Waals surface area contributed by atoms with E-state index in [9.17, 15) is 0 Å². The molecule has 0 amide bonds. The molecule has 0 fully saturated rings. The summed E-state index contributed by atoms with van der Waals surface area (Å²) < 4.78 is 1.43. The molecule has 0 aliphatic heterocycles. The van der Waals surface area contributed by atoms with Gasteiger partial charge in [0, 0.05) is 20.5 Å². The fraction of sp³-hybridized carbons (Fsp3) is 0.176. The lowest BCUT2D eigenvalue weighted by molar-refractivity contribution is 0.962. The van der Waals surface area contributed by atoms with Crippen LogP contribution in [-0.4, -0.2) is 0 Å². The first-order valence-corrected chi connectivity index (χ1v) is 7.25. The van der Waals surface area contributed by atoms with Gasteiger partial charge in [-0.3, -0.25) is 0 Å². The molecule has 1 heteroatoms. The third kappa shape index (κ3) is 1.37. The third-order valence-corrected chi connectivity index (χ3v) is 5.05. The second kappa shape index (κ2) is 3.69. The highest BCUT2D eigenvalue weighted by molar-refractivity contribution is 7.19. The lowest BCUT2D eigenvalue weighted by Crippen LogP contribution is -2.01. The Balaban J connectivity index is 2.10. The summed E-state index contributed by atoms with van der Waals surface area (Å²) in [5.41, 5.74) is 5.85. The highest BCUT2D eigenvalue weighted by Crippen LogP contribution is 2.43. The van der Waals surface area contributed by atoms with Gasteiger partial charge < -0.3 is 0 Å². The summed E-state index contributed by atoms with van der Waals surface area (Å²) in [5, 5.41) is 1.43. The standard InChI is InChI=1S/C17H14S/c1-11-6-8-13-12(10-11)7-9-16-17(13)14-4-2-3-5-15(14)18-16/h2-6,8,10H,7,9H2,1H3. The van der Waals surface area contributed by atoms with E-state index in [1.165, 1.54) is 45.2 Å². The predicted octanol–water partition coefficient (Wildman–Crippen LogP) is 4.98. The van der Waals surface area contributed by atoms with Crippen molar-refractivity contribution in [3.63, 3.8) is 0 Å². The molecule has 1 aromatic heterocycles. The molecule has 3 aromatic rings. The number of rotatable bonds is 0. The third-order valence-electron chi connectivity index (χ3n) is 3.82. The van der Waals surface area contributed by atoms with Gasteiger partial charge in [0.05, 0.1) is 0 Å². The summed E-state index contributed by atoms with van der Waals surface area (Å²) in [6.07, 6.45) is 2.39. The highest BCUT2D eigenvalue weighted by Gasteiger charge is 2.20. The Morgan fingerprint density at radius 3 is 2.83 bits per heavy atom. The molecule has 0 nitrogen and oxygen atoms in total. The van der Waals surface area contributed by atoms with Crippen LogP contribution in [0, 0.1) is 6.92 Å². The molecule has 4 rings (SSSR count). The van der Waals surface area contributed by atoms with Crippen molar-refractivity contribution in [3.8, 4) is 11.1 Å². The Kier molecular flexibility index (Phi) is 2.12. The molecule has 0 N–H and O–H groups in total. The maximum atomic E-state index is 2.35. The van der Waals surface area contributed by atoms with Crippen molar-refractivity contribution in [2.75, 3.05) is 0 Å². The minimum absolute atomic E-state index is 1.19. The summed E-state index contributed by atoms with van der Waals surface area (Å²) in [4.78, 5) is 1.56. The fourth-order valence-corrected chi connectivity index (χ4v) is 4.21. The van der Waals surface area contributed by atoms with Crippen LogP contribution in [0.25, 0.3) is 21.2 Å². The smallest absolute Gasteiger partial charge is 0.0352 e. The van der Waals surface area contributed by atoms with Gasteiger partial charge in [-0.2, -0.15) is 0 Å². The quantitative estimate of drug-likeness (QED) is 0.528. The molecule has 1 aliphatic rings. The lowest BCUT2D eigenvalue weighted by Gasteiger charge is -2.17. The number of thiophene rings is 1. The van der Waals surface area contributed by atoms with E-state index in [0.717, 1.165) is 0 Å². The summed E-state index contributed by atoms with van der Waals surface area (Å²) in [7, 11) is 0. The zero-order valence-electron chi connectivity index (χ0n) is 10.4. The minimum Gasteiger partial charge on any atom is -0.140 e. The molecular weight excluding hydrogens is 236 g/mol. The molecular formula is C17H14S. The van der Waals surface area contributed by atoms with Crippen LogP contribution in [0.4, 0.5) is 0 Å². The van der Waals surface area contributed by atoms with Crippen molar-refractivity contribution in [2.45, 2.75) is 19.8 Å². The van der Waals surface area contributed by atoms with Crippen LogP contribution in [0.5, 0.6) is 0 Å². The van der Waals surface area contributed by atoms with Crippen LogP contribution in [0.15, 0.2) is 42.5 Å². The SMILES string of the molecule is Cc1ccc2c(c1)CCc1sc3ccccc3c1-2. The Labute approximate surface area is 111 Å². The predicted molar refractivity (Wildman–Crippen MR) is 79.4 cm³/mol. The van der Waals surface area contributed by atoms with E-state index in [2.05, 4.69) is 49.4 Å². The zero-order chi connectivity index (χ0) is 12.1. The second-order valence-electron chi connectivity index (χ2n) is 5.06. The first-order chi connectivity index (χ1) is 8.83. The second-order valence-corrected chi connectivity index (χ2v) is 6.19. The number of hydrogen-bond acceptors (Lipinski definition) is 1. The van der Waals surface area contributed by atoms with Crippen molar-refractivity contribution >= 4 is 21.4 Å². The number of aryl methyl sites for hydroxylation is 3. The van der Waals surface area contributed by atoms with Crippen molar-refractivity contribution in [1.82, 2.24) is 0 Å². The van der Waals surface area contributed by atoms with Crippen LogP contribution >= 0.6 is 11.3 Å². The van der Waals surface area contributed by atoms with E-state index in [-0.39, 0.29) is 0 Å². The van der Waals surface area contributed by atoms with Crippen LogP contribution in [0.2, 0.25) is 0 Å². The molecule has 0 unspecified atom stereocenters. The molecule has 1 heterocycles. The normalized spacial score (nSPS) is 13.4. The average molecular weight is 250 g/mol. The Bertz CT molecular complexity index is 749. The van der Waals surface area contributed by atoms with E-state index in [0.29, 0.717) is 0 Å². The van der Waals surface area contributed by atoms with Crippen molar-refractivity contribution < 1.29 is 0 Å². The van der Waals surface area contributed by atoms with E-state index in [1.807, 2.05) is 11.3 Å². The average Bonchev–Trinajstić information content (AvgIpc) is 2.77. The van der Waals surface area contributed by atoms with Gasteiger partial charge in [-0.05, 0) is 37.0 Å². The van der Waals surface area contributed by atoms with Gasteiger partial charge in [0.25, 0.3) is 0 Å². The Morgan fingerprint density at radius 1 is 1.00 bits per heavy atom. The van der Waals surface area contributed by atoms with Crippen LogP contribution in [-0.2, 0) is 12.8 Å². The number of hydrogen-bond donors (Lipinski definition) is 0. The molecule has 0 saturated carbocycles. The topological polar surface area (TPSA) is 0 Å². The van der Waals surface area contributed by atoms with Crippen LogP contribution in [0.3, 0.4) is 0 Å². The largest absolute Gasteiger partial charge is 0.140 e. The zero-order valence-corrected chi connectivity index (χ0v) is 11.2. The van der Waals surface area contributed by atoms with Crippen LogP contribution in [0.1, 0.15) is 16.0 Å². The van der Waals surface area contributed by atoms with Gasteiger partial charge in [-0.1, -0.05) is 42.0 Å². The first kappa shape index (κ1) is 10.3. The molecule has 88 valence electrons. The lowest BCUT2D eigenvalue weighted by atomic mass is 9.88. The maximum absolute atomic E-state index is 2.35. The monoisotopic (exact) mass is 250 g/mol. The fourth-order valence-electron chi connectivity index (χ4n) is 2.99. The van der Waals surface area contributed by atoms with Gasteiger partial charge in [-0.15, -0.1) is 11.3 Å². The molecule has 0 atom stereocenters. The first-order valence-electron chi connectivity index (χ1n) is 6.43. The summed E-state index contributed by atoms with van der Waals surface area (Å²) in [6.45, 7) is 2.18. The molecule has 0 radical (unpaired) electrons. The van der Waals surface area contributed by atoms with Gasteiger partial charge in [0.2, 0.25) is 0 Å². The molecule has 1 aliphatic carbocycles. The van der Waals surface area contributed by atoms with Crippen molar-refractivity contribution in [3.05, 3.63) is 58.5 Å². The van der Waals surface area contributed by atoms with Gasteiger partial charge in [0.15, 0.2) is 0 Å². The molecule has 2 aromatic carbocycles. The summed E-state index contributed by atoms with van der Waals surface area (Å²) in [5.74, 6) is 0. The number of fused-ring (bicyclic) bond motifs is 5. The van der Waals surface area contributed by atoms with Gasteiger partial charge in [0.1, 0.15) is 0 Å². The van der Waals surface area contributed by atoms with Crippen molar-refractivity contribution in [2.24, 2.45) is 0 Å². The number of benzene rings is 2. The van der Waals surface area contributed by atoms with E-state index >= 15 is 0 Å². The molecule has 0 saturated heterocycles. The van der Waals surface area contributed by atoms with Crippen LogP contribution < -0.4 is 0 Å². The van der Waals surface area contributed by atoms with E-state index in [4.69, 9.17) is 0 Å². The van der Waals surface area contributed by atoms with Gasteiger partial charge in [-0.25, -0.2) is 0 Å². The summed E-state index contributed by atoms with van der Waals surface area (Å²) in [6, 6.07) is 15.7. The van der Waals surface area contributed by atoms with Gasteiger partial charge >= 0.3 is 0 Å². The van der Waals surface area contributed by atoms with Crippen molar-refractivity contribution in [1.29, 1.82) is 0 Å². The van der Waals surface area contributed by atoms with E-state index in [1.54, 1.807) is 4.88 Å². The minimum atomic E-state index is 1.19. The Hall–Kier alpha value is -1.60.